The SMILES string of the molecule is CCc1ccccc1C(Cl)Cc1ccccc1F. The Hall–Kier alpha value is -1.34. The van der Waals surface area contributed by atoms with Gasteiger partial charge < -0.3 is 0 Å². The van der Waals surface area contributed by atoms with E-state index in [0.717, 1.165) is 12.0 Å². The highest BCUT2D eigenvalue weighted by atomic mass is 35.5. The number of alkyl halides is 1. The molecule has 0 N–H and O–H groups in total. The van der Waals surface area contributed by atoms with Gasteiger partial charge in [-0.25, -0.2) is 4.39 Å². The van der Waals surface area contributed by atoms with Gasteiger partial charge in [0.05, 0.1) is 5.38 Å². The molecule has 0 spiro atoms. The van der Waals surface area contributed by atoms with E-state index in [1.165, 1.54) is 11.6 Å². The third kappa shape index (κ3) is 2.91. The lowest BCUT2D eigenvalue weighted by atomic mass is 9.98. The van der Waals surface area contributed by atoms with Gasteiger partial charge in [0.2, 0.25) is 0 Å². The van der Waals surface area contributed by atoms with Crippen molar-refractivity contribution >= 4 is 11.6 Å². The zero-order chi connectivity index (χ0) is 13.0. The standard InChI is InChI=1S/C16H16ClF/c1-2-12-7-3-5-9-14(12)15(17)11-13-8-4-6-10-16(13)18/h3-10,15H,2,11H2,1H3. The first-order valence-corrected chi connectivity index (χ1v) is 6.61. The molecule has 1 unspecified atom stereocenters. The van der Waals surface area contributed by atoms with Crippen LogP contribution in [0, 0.1) is 5.82 Å². The van der Waals surface area contributed by atoms with Crippen molar-refractivity contribution in [3.8, 4) is 0 Å². The van der Waals surface area contributed by atoms with E-state index >= 15 is 0 Å². The molecule has 0 aromatic heterocycles. The molecule has 0 fully saturated rings. The summed E-state index contributed by atoms with van der Waals surface area (Å²) >= 11 is 6.43. The smallest absolute Gasteiger partial charge is 0.126 e. The lowest BCUT2D eigenvalue weighted by molar-refractivity contribution is 0.607. The highest BCUT2D eigenvalue weighted by molar-refractivity contribution is 6.21. The lowest BCUT2D eigenvalue weighted by Gasteiger charge is -2.14. The van der Waals surface area contributed by atoms with E-state index in [-0.39, 0.29) is 11.2 Å². The Morgan fingerprint density at radius 2 is 1.61 bits per heavy atom. The third-order valence-electron chi connectivity index (χ3n) is 3.13. The second kappa shape index (κ2) is 6.01. The minimum absolute atomic E-state index is 0.182. The molecule has 94 valence electrons. The fourth-order valence-corrected chi connectivity index (χ4v) is 2.51. The van der Waals surface area contributed by atoms with E-state index in [0.29, 0.717) is 12.0 Å². The number of benzene rings is 2. The van der Waals surface area contributed by atoms with Crippen molar-refractivity contribution in [2.45, 2.75) is 25.1 Å². The maximum atomic E-state index is 13.6. The molecule has 0 aliphatic rings. The summed E-state index contributed by atoms with van der Waals surface area (Å²) in [5, 5.41) is -0.182. The van der Waals surface area contributed by atoms with Gasteiger partial charge in [-0.05, 0) is 35.6 Å². The fourth-order valence-electron chi connectivity index (χ4n) is 2.13. The molecule has 0 aliphatic carbocycles. The lowest BCUT2D eigenvalue weighted by Crippen LogP contribution is -2.01. The molecule has 2 aromatic rings. The number of hydrogen-bond donors (Lipinski definition) is 0. The molecule has 0 amide bonds. The van der Waals surface area contributed by atoms with Crippen molar-refractivity contribution in [2.75, 3.05) is 0 Å². The molecule has 0 bridgehead atoms. The van der Waals surface area contributed by atoms with Crippen LogP contribution in [0.15, 0.2) is 48.5 Å². The van der Waals surface area contributed by atoms with Gasteiger partial charge in [-0.3, -0.25) is 0 Å². The van der Waals surface area contributed by atoms with E-state index in [1.807, 2.05) is 24.3 Å². The second-order valence-electron chi connectivity index (χ2n) is 4.32. The molecular weight excluding hydrogens is 247 g/mol. The normalized spacial score (nSPS) is 12.4. The predicted octanol–water partition coefficient (Wildman–Crippen LogP) is 4.91. The van der Waals surface area contributed by atoms with Gasteiger partial charge >= 0.3 is 0 Å². The Morgan fingerprint density at radius 1 is 1.00 bits per heavy atom. The van der Waals surface area contributed by atoms with Gasteiger partial charge in [0.25, 0.3) is 0 Å². The molecule has 0 nitrogen and oxygen atoms in total. The number of halogens is 2. The van der Waals surface area contributed by atoms with Crippen molar-refractivity contribution < 1.29 is 4.39 Å². The van der Waals surface area contributed by atoms with Gasteiger partial charge in [-0.1, -0.05) is 49.4 Å². The fraction of sp³-hybridized carbons (Fsp3) is 0.250. The first-order chi connectivity index (χ1) is 8.72. The van der Waals surface area contributed by atoms with Gasteiger partial charge in [0, 0.05) is 0 Å². The Kier molecular flexibility index (Phi) is 4.38. The quantitative estimate of drug-likeness (QED) is 0.687. The van der Waals surface area contributed by atoms with Crippen molar-refractivity contribution in [1.82, 2.24) is 0 Å². The van der Waals surface area contributed by atoms with Crippen molar-refractivity contribution in [3.63, 3.8) is 0 Å². The van der Waals surface area contributed by atoms with Crippen LogP contribution in [0.5, 0.6) is 0 Å². The van der Waals surface area contributed by atoms with Crippen LogP contribution < -0.4 is 0 Å². The Bertz CT molecular complexity index is 522. The molecule has 0 saturated heterocycles. The molecule has 0 heterocycles. The van der Waals surface area contributed by atoms with E-state index in [4.69, 9.17) is 11.6 Å². The highest BCUT2D eigenvalue weighted by Gasteiger charge is 2.14. The second-order valence-corrected chi connectivity index (χ2v) is 4.84. The summed E-state index contributed by atoms with van der Waals surface area (Å²) in [6, 6.07) is 14.9. The first-order valence-electron chi connectivity index (χ1n) is 6.17. The molecule has 2 aromatic carbocycles. The van der Waals surface area contributed by atoms with Gasteiger partial charge in [0.15, 0.2) is 0 Å². The van der Waals surface area contributed by atoms with Gasteiger partial charge in [-0.2, -0.15) is 0 Å². The molecule has 0 saturated carbocycles. The largest absolute Gasteiger partial charge is 0.207 e. The molecule has 2 heteroatoms. The molecule has 18 heavy (non-hydrogen) atoms. The van der Waals surface area contributed by atoms with Crippen LogP contribution in [0.25, 0.3) is 0 Å². The molecular formula is C16H16ClF. The van der Waals surface area contributed by atoms with E-state index in [9.17, 15) is 4.39 Å². The van der Waals surface area contributed by atoms with E-state index < -0.39 is 0 Å². The summed E-state index contributed by atoms with van der Waals surface area (Å²) in [6.07, 6.45) is 1.46. The van der Waals surface area contributed by atoms with Crippen LogP contribution in [-0.2, 0) is 12.8 Å². The number of hydrogen-bond acceptors (Lipinski definition) is 0. The minimum Gasteiger partial charge on any atom is -0.207 e. The van der Waals surface area contributed by atoms with Crippen LogP contribution in [0.2, 0.25) is 0 Å². The third-order valence-corrected chi connectivity index (χ3v) is 3.52. The molecule has 1 atom stereocenters. The molecule has 2 rings (SSSR count). The summed E-state index contributed by atoms with van der Waals surface area (Å²) in [6.45, 7) is 2.10. The monoisotopic (exact) mass is 262 g/mol. The zero-order valence-electron chi connectivity index (χ0n) is 10.4. The van der Waals surface area contributed by atoms with Crippen LogP contribution in [0.4, 0.5) is 4.39 Å². The maximum absolute atomic E-state index is 13.6. The zero-order valence-corrected chi connectivity index (χ0v) is 11.1. The highest BCUT2D eigenvalue weighted by Crippen LogP contribution is 2.28. The van der Waals surface area contributed by atoms with Crippen LogP contribution in [-0.4, -0.2) is 0 Å². The minimum atomic E-state index is -0.183. The maximum Gasteiger partial charge on any atom is 0.126 e. The summed E-state index contributed by atoms with van der Waals surface area (Å²) in [7, 11) is 0. The Labute approximate surface area is 112 Å². The number of aryl methyl sites for hydroxylation is 1. The summed E-state index contributed by atoms with van der Waals surface area (Å²) in [4.78, 5) is 0. The summed E-state index contributed by atoms with van der Waals surface area (Å²) < 4.78 is 13.6. The van der Waals surface area contributed by atoms with Gasteiger partial charge in [-0.15, -0.1) is 11.6 Å². The Balaban J connectivity index is 2.22. The first kappa shape index (κ1) is 13.1. The van der Waals surface area contributed by atoms with Crippen LogP contribution in [0.3, 0.4) is 0 Å². The average Bonchev–Trinajstić information content (AvgIpc) is 2.41. The Morgan fingerprint density at radius 3 is 2.28 bits per heavy atom. The van der Waals surface area contributed by atoms with Crippen molar-refractivity contribution in [3.05, 3.63) is 71.0 Å². The van der Waals surface area contributed by atoms with Crippen molar-refractivity contribution in [1.29, 1.82) is 0 Å². The molecule has 0 radical (unpaired) electrons. The summed E-state index contributed by atoms with van der Waals surface area (Å²) in [5.41, 5.74) is 3.00. The van der Waals surface area contributed by atoms with Crippen molar-refractivity contribution in [2.24, 2.45) is 0 Å². The average molecular weight is 263 g/mol. The van der Waals surface area contributed by atoms with Gasteiger partial charge in [0.1, 0.15) is 5.82 Å². The predicted molar refractivity (Wildman–Crippen MR) is 74.5 cm³/mol. The van der Waals surface area contributed by atoms with E-state index in [2.05, 4.69) is 13.0 Å². The van der Waals surface area contributed by atoms with Crippen LogP contribution >= 0.6 is 11.6 Å². The number of rotatable bonds is 4. The molecule has 0 aliphatic heterocycles. The topological polar surface area (TPSA) is 0 Å². The van der Waals surface area contributed by atoms with Crippen LogP contribution in [0.1, 0.15) is 29.0 Å². The van der Waals surface area contributed by atoms with E-state index in [1.54, 1.807) is 12.1 Å². The summed E-state index contributed by atoms with van der Waals surface area (Å²) in [5.74, 6) is -0.183.